The van der Waals surface area contributed by atoms with Gasteiger partial charge in [-0.15, -0.1) is 0 Å². The number of rotatable bonds is 5. The van der Waals surface area contributed by atoms with Crippen LogP contribution in [0.3, 0.4) is 0 Å². The van der Waals surface area contributed by atoms with E-state index in [2.05, 4.69) is 31.0 Å². The molecule has 0 amide bonds. The lowest BCUT2D eigenvalue weighted by Gasteiger charge is -2.12. The number of aromatic amines is 3. The zero-order chi connectivity index (χ0) is 23.9. The van der Waals surface area contributed by atoms with Crippen molar-refractivity contribution in [1.29, 1.82) is 0 Å². The van der Waals surface area contributed by atoms with E-state index >= 15 is 0 Å². The highest BCUT2D eigenvalue weighted by molar-refractivity contribution is 6.33. The van der Waals surface area contributed by atoms with Crippen molar-refractivity contribution in [3.63, 3.8) is 0 Å². The van der Waals surface area contributed by atoms with Gasteiger partial charge in [-0.2, -0.15) is 10.1 Å². The number of hydrogen-bond acceptors (Lipinski definition) is 6. The number of aromatic nitrogens is 6. The van der Waals surface area contributed by atoms with Gasteiger partial charge in [0.25, 0.3) is 5.56 Å². The van der Waals surface area contributed by atoms with Gasteiger partial charge in [0.2, 0.25) is 5.95 Å². The maximum Gasteiger partial charge on any atom is 0.271 e. The molecule has 10 heteroatoms. The van der Waals surface area contributed by atoms with Crippen molar-refractivity contribution >= 4 is 56.7 Å². The van der Waals surface area contributed by atoms with Crippen LogP contribution in [0.25, 0.3) is 32.9 Å². The highest BCUT2D eigenvalue weighted by Gasteiger charge is 2.13. The average Bonchev–Trinajstić information content (AvgIpc) is 3.44. The Bertz CT molecular complexity index is 1770. The molecular weight excluding hydrogens is 464 g/mol. The number of nitrogens with zero attached hydrogens (tertiary/aromatic N) is 3. The fourth-order valence-electron chi connectivity index (χ4n) is 3.99. The van der Waals surface area contributed by atoms with E-state index in [-0.39, 0.29) is 5.56 Å². The zero-order valence-electron chi connectivity index (χ0n) is 18.5. The molecule has 3 heterocycles. The summed E-state index contributed by atoms with van der Waals surface area (Å²) in [7, 11) is 0. The molecule has 5 N–H and O–H groups in total. The molecule has 9 nitrogen and oxygen atoms in total. The first-order valence-electron chi connectivity index (χ1n) is 10.9. The van der Waals surface area contributed by atoms with E-state index in [0.717, 1.165) is 33.4 Å². The summed E-state index contributed by atoms with van der Waals surface area (Å²) < 4.78 is 0. The van der Waals surface area contributed by atoms with Gasteiger partial charge in [-0.05, 0) is 48.9 Å². The second kappa shape index (κ2) is 8.30. The standard InChI is InChI=1S/C25H19ClN8O/c1-13-10-22(33-31-13)29-23-18-11-14(16-4-2-3-5-19(16)26)6-9-20(18)28-25(30-23)27-15-7-8-17-21(12-15)32-34-24(17)35/h2-12H,1H3,(H2,32,34,35)(H3,27,28,29,30,31,33). The van der Waals surface area contributed by atoms with Crippen LogP contribution in [0, 0.1) is 6.92 Å². The minimum Gasteiger partial charge on any atom is -0.324 e. The van der Waals surface area contributed by atoms with E-state index < -0.39 is 0 Å². The maximum atomic E-state index is 11.8. The van der Waals surface area contributed by atoms with Crippen molar-refractivity contribution in [3.05, 3.63) is 87.8 Å². The second-order valence-corrected chi connectivity index (χ2v) is 8.54. The molecule has 3 aromatic heterocycles. The monoisotopic (exact) mass is 482 g/mol. The summed E-state index contributed by atoms with van der Waals surface area (Å²) in [6.07, 6.45) is 0. The predicted molar refractivity (Wildman–Crippen MR) is 139 cm³/mol. The smallest absolute Gasteiger partial charge is 0.271 e. The van der Waals surface area contributed by atoms with Gasteiger partial charge in [-0.1, -0.05) is 35.9 Å². The minimum atomic E-state index is -0.163. The third kappa shape index (κ3) is 3.98. The second-order valence-electron chi connectivity index (χ2n) is 8.13. The van der Waals surface area contributed by atoms with Crippen LogP contribution in [-0.4, -0.2) is 30.4 Å². The lowest BCUT2D eigenvalue weighted by atomic mass is 10.0. The third-order valence-corrected chi connectivity index (χ3v) is 5.99. The minimum absolute atomic E-state index is 0.163. The third-order valence-electron chi connectivity index (χ3n) is 5.66. The number of nitrogens with one attached hydrogen (secondary N) is 5. The van der Waals surface area contributed by atoms with Crippen LogP contribution in [-0.2, 0) is 0 Å². The fraction of sp³-hybridized carbons (Fsp3) is 0.0400. The molecule has 0 spiro atoms. The summed E-state index contributed by atoms with van der Waals surface area (Å²) in [5.74, 6) is 1.63. The summed E-state index contributed by atoms with van der Waals surface area (Å²) in [5.41, 5.74) is 4.81. The first-order valence-corrected chi connectivity index (χ1v) is 11.2. The highest BCUT2D eigenvalue weighted by Crippen LogP contribution is 2.33. The molecule has 6 rings (SSSR count). The molecule has 172 valence electrons. The van der Waals surface area contributed by atoms with Crippen molar-refractivity contribution < 1.29 is 0 Å². The molecule has 0 radical (unpaired) electrons. The van der Waals surface area contributed by atoms with Gasteiger partial charge < -0.3 is 10.6 Å². The lowest BCUT2D eigenvalue weighted by Crippen LogP contribution is -2.03. The van der Waals surface area contributed by atoms with E-state index in [1.54, 1.807) is 6.07 Å². The molecule has 0 atom stereocenters. The lowest BCUT2D eigenvalue weighted by molar-refractivity contribution is 1.05. The summed E-state index contributed by atoms with van der Waals surface area (Å²) in [6.45, 7) is 1.93. The number of benzene rings is 3. The van der Waals surface area contributed by atoms with Crippen LogP contribution >= 0.6 is 11.6 Å². The van der Waals surface area contributed by atoms with Gasteiger partial charge in [0.15, 0.2) is 5.82 Å². The molecule has 3 aromatic carbocycles. The molecule has 0 bridgehead atoms. The molecule has 0 unspecified atom stereocenters. The van der Waals surface area contributed by atoms with Crippen LogP contribution in [0.2, 0.25) is 5.02 Å². The van der Waals surface area contributed by atoms with E-state index in [9.17, 15) is 4.79 Å². The van der Waals surface area contributed by atoms with Crippen molar-refractivity contribution in [1.82, 2.24) is 30.4 Å². The van der Waals surface area contributed by atoms with Gasteiger partial charge in [0.1, 0.15) is 5.82 Å². The molecule has 0 fully saturated rings. The Kier molecular flexibility index (Phi) is 4.97. The Labute approximate surface area is 203 Å². The van der Waals surface area contributed by atoms with Crippen LogP contribution in [0.1, 0.15) is 5.69 Å². The Morgan fingerprint density at radius 1 is 0.886 bits per heavy atom. The fourth-order valence-corrected chi connectivity index (χ4v) is 4.23. The maximum absolute atomic E-state index is 11.8. The molecule has 0 aliphatic carbocycles. The van der Waals surface area contributed by atoms with Gasteiger partial charge in [-0.25, -0.2) is 4.98 Å². The van der Waals surface area contributed by atoms with Crippen LogP contribution < -0.4 is 16.2 Å². The van der Waals surface area contributed by atoms with Crippen LogP contribution in [0.4, 0.5) is 23.3 Å². The van der Waals surface area contributed by atoms with Crippen LogP contribution in [0.15, 0.2) is 71.5 Å². The Hall–Kier alpha value is -4.63. The molecule has 0 saturated heterocycles. The first kappa shape index (κ1) is 20.9. The number of H-pyrrole nitrogens is 3. The van der Waals surface area contributed by atoms with E-state index in [0.29, 0.717) is 33.5 Å². The number of fused-ring (bicyclic) bond motifs is 2. The quantitative estimate of drug-likeness (QED) is 0.216. The van der Waals surface area contributed by atoms with Crippen molar-refractivity contribution in [2.45, 2.75) is 6.92 Å². The Balaban J connectivity index is 1.45. The predicted octanol–water partition coefficient (Wildman–Crippen LogP) is 5.64. The summed E-state index contributed by atoms with van der Waals surface area (Å²) in [4.78, 5) is 21.3. The van der Waals surface area contributed by atoms with E-state index in [4.69, 9.17) is 21.6 Å². The Morgan fingerprint density at radius 2 is 1.77 bits per heavy atom. The number of hydrogen-bond donors (Lipinski definition) is 5. The van der Waals surface area contributed by atoms with Gasteiger partial charge >= 0.3 is 0 Å². The number of anilines is 4. The zero-order valence-corrected chi connectivity index (χ0v) is 19.2. The molecule has 0 aliphatic heterocycles. The largest absolute Gasteiger partial charge is 0.324 e. The normalized spacial score (nSPS) is 11.3. The first-order chi connectivity index (χ1) is 17.0. The van der Waals surface area contributed by atoms with Crippen molar-refractivity contribution in [2.24, 2.45) is 0 Å². The van der Waals surface area contributed by atoms with E-state index in [1.165, 1.54) is 0 Å². The van der Waals surface area contributed by atoms with Gasteiger partial charge in [0, 0.05) is 33.4 Å². The van der Waals surface area contributed by atoms with Crippen molar-refractivity contribution in [3.8, 4) is 11.1 Å². The molecule has 0 aliphatic rings. The number of aryl methyl sites for hydroxylation is 1. The van der Waals surface area contributed by atoms with Gasteiger partial charge in [-0.3, -0.25) is 20.1 Å². The molecule has 35 heavy (non-hydrogen) atoms. The Morgan fingerprint density at radius 3 is 2.60 bits per heavy atom. The summed E-state index contributed by atoms with van der Waals surface area (Å²) in [6, 6.07) is 20.9. The van der Waals surface area contributed by atoms with Crippen LogP contribution in [0.5, 0.6) is 0 Å². The van der Waals surface area contributed by atoms with Gasteiger partial charge in [0.05, 0.1) is 16.4 Å². The summed E-state index contributed by atoms with van der Waals surface area (Å²) >= 11 is 6.45. The van der Waals surface area contributed by atoms with Crippen molar-refractivity contribution in [2.75, 3.05) is 10.6 Å². The van der Waals surface area contributed by atoms with E-state index in [1.807, 2.05) is 67.6 Å². The average molecular weight is 483 g/mol. The molecular formula is C25H19ClN8O. The molecule has 0 saturated carbocycles. The SMILES string of the molecule is Cc1cc(Nc2nc(Nc3ccc4c(=O)[nH][nH]c4c3)nc3ccc(-c4ccccc4Cl)cc23)n[nH]1. The highest BCUT2D eigenvalue weighted by atomic mass is 35.5. The topological polar surface area (TPSA) is 127 Å². The number of halogens is 1. The summed E-state index contributed by atoms with van der Waals surface area (Å²) in [5, 5.41) is 21.3. The molecule has 6 aromatic rings.